The van der Waals surface area contributed by atoms with Crippen LogP contribution in [0.1, 0.15) is 21.6 Å². The molecule has 0 saturated carbocycles. The van der Waals surface area contributed by atoms with E-state index in [9.17, 15) is 4.79 Å². The Kier molecular flexibility index (Phi) is 2.30. The quantitative estimate of drug-likeness (QED) is 0.675. The number of hydrogen-bond acceptors (Lipinski definition) is 2. The normalized spacial score (nSPS) is 11.0. The van der Waals surface area contributed by atoms with Crippen molar-refractivity contribution in [3.63, 3.8) is 0 Å². The number of aromatic nitrogens is 3. The van der Waals surface area contributed by atoms with Crippen molar-refractivity contribution in [1.29, 1.82) is 0 Å². The molecule has 2 N–H and O–H groups in total. The largest absolute Gasteiger partial charge is 0.358 e. The molecule has 2 heterocycles. The van der Waals surface area contributed by atoms with Crippen molar-refractivity contribution in [2.45, 2.75) is 13.8 Å². The van der Waals surface area contributed by atoms with Crippen LogP contribution < -0.4 is 0 Å². The first-order chi connectivity index (χ1) is 8.72. The molecule has 0 atom stereocenters. The minimum atomic E-state index is 0.585. The lowest BCUT2D eigenvalue weighted by Crippen LogP contribution is -1.86. The van der Waals surface area contributed by atoms with Gasteiger partial charge in [0.05, 0.1) is 17.5 Å². The molecule has 4 heteroatoms. The smallest absolute Gasteiger partial charge is 0.153 e. The van der Waals surface area contributed by atoms with E-state index in [2.05, 4.69) is 28.2 Å². The zero-order valence-corrected chi connectivity index (χ0v) is 10.2. The van der Waals surface area contributed by atoms with Crippen LogP contribution in [0.4, 0.5) is 0 Å². The summed E-state index contributed by atoms with van der Waals surface area (Å²) < 4.78 is 0. The van der Waals surface area contributed by atoms with E-state index in [1.54, 1.807) is 6.20 Å². The predicted octanol–water partition coefficient (Wildman–Crippen LogP) is 2.99. The number of carbonyl (C=O) groups is 1. The zero-order valence-electron chi connectivity index (χ0n) is 10.2. The first-order valence-corrected chi connectivity index (χ1v) is 5.79. The summed E-state index contributed by atoms with van der Waals surface area (Å²) in [6.45, 7) is 4.07. The monoisotopic (exact) mass is 239 g/mol. The molecule has 1 aromatic carbocycles. The number of aromatic amines is 2. The van der Waals surface area contributed by atoms with Crippen LogP contribution in [0, 0.1) is 13.8 Å². The van der Waals surface area contributed by atoms with Gasteiger partial charge in [-0.05, 0) is 25.5 Å². The van der Waals surface area contributed by atoms with E-state index in [1.807, 2.05) is 19.1 Å². The Bertz CT molecular complexity index is 737. The van der Waals surface area contributed by atoms with E-state index < -0.39 is 0 Å². The van der Waals surface area contributed by atoms with Crippen molar-refractivity contribution in [3.05, 3.63) is 41.2 Å². The highest BCUT2D eigenvalue weighted by atomic mass is 16.1. The second-order valence-corrected chi connectivity index (χ2v) is 4.44. The standard InChI is InChI=1S/C14H13N3O/c1-8-4-3-5-11-12(8)13(9(2)16-11)14-10(7-18)6-15-17-14/h3-7,16H,1-2H3,(H,15,17). The van der Waals surface area contributed by atoms with E-state index >= 15 is 0 Å². The van der Waals surface area contributed by atoms with Gasteiger partial charge in [0.1, 0.15) is 0 Å². The molecule has 3 rings (SSSR count). The molecular formula is C14H13N3O. The van der Waals surface area contributed by atoms with Crippen LogP contribution in [-0.4, -0.2) is 21.5 Å². The van der Waals surface area contributed by atoms with Crippen molar-refractivity contribution >= 4 is 17.2 Å². The molecule has 0 radical (unpaired) electrons. The van der Waals surface area contributed by atoms with Crippen molar-refractivity contribution in [2.75, 3.05) is 0 Å². The number of aryl methyl sites for hydroxylation is 2. The Morgan fingerprint density at radius 2 is 2.11 bits per heavy atom. The van der Waals surface area contributed by atoms with Gasteiger partial charge in [0.15, 0.2) is 6.29 Å². The first kappa shape index (κ1) is 10.8. The van der Waals surface area contributed by atoms with Gasteiger partial charge in [0.25, 0.3) is 0 Å². The Hall–Kier alpha value is -2.36. The maximum Gasteiger partial charge on any atom is 0.153 e. The van der Waals surface area contributed by atoms with Crippen LogP contribution >= 0.6 is 0 Å². The van der Waals surface area contributed by atoms with Gasteiger partial charge >= 0.3 is 0 Å². The summed E-state index contributed by atoms with van der Waals surface area (Å²) >= 11 is 0. The van der Waals surface area contributed by atoms with Gasteiger partial charge in [0.2, 0.25) is 0 Å². The molecule has 4 nitrogen and oxygen atoms in total. The number of hydrogen-bond donors (Lipinski definition) is 2. The third-order valence-electron chi connectivity index (χ3n) is 3.27. The summed E-state index contributed by atoms with van der Waals surface area (Å²) in [6.07, 6.45) is 2.38. The molecule has 0 aliphatic carbocycles. The second kappa shape index (κ2) is 3.84. The van der Waals surface area contributed by atoms with Crippen molar-refractivity contribution in [2.24, 2.45) is 0 Å². The highest BCUT2D eigenvalue weighted by Crippen LogP contribution is 2.34. The maximum absolute atomic E-state index is 11.0. The number of carbonyl (C=O) groups excluding carboxylic acids is 1. The molecule has 90 valence electrons. The third kappa shape index (κ3) is 1.39. The van der Waals surface area contributed by atoms with Crippen molar-refractivity contribution < 1.29 is 4.79 Å². The van der Waals surface area contributed by atoms with E-state index in [0.29, 0.717) is 5.56 Å². The third-order valence-corrected chi connectivity index (χ3v) is 3.27. The number of nitrogens with zero attached hydrogens (tertiary/aromatic N) is 1. The molecule has 0 spiro atoms. The molecule has 0 fully saturated rings. The van der Waals surface area contributed by atoms with Gasteiger partial charge in [-0.15, -0.1) is 0 Å². The van der Waals surface area contributed by atoms with Gasteiger partial charge in [-0.1, -0.05) is 12.1 Å². The van der Waals surface area contributed by atoms with Crippen LogP contribution in [0.15, 0.2) is 24.4 Å². The summed E-state index contributed by atoms with van der Waals surface area (Å²) in [5.74, 6) is 0. The van der Waals surface area contributed by atoms with Crippen LogP contribution in [0.25, 0.3) is 22.2 Å². The summed E-state index contributed by atoms with van der Waals surface area (Å²) in [4.78, 5) is 14.4. The summed E-state index contributed by atoms with van der Waals surface area (Å²) in [5.41, 5.74) is 5.69. The summed E-state index contributed by atoms with van der Waals surface area (Å²) in [7, 11) is 0. The van der Waals surface area contributed by atoms with Gasteiger partial charge in [-0.25, -0.2) is 0 Å². The van der Waals surface area contributed by atoms with Crippen LogP contribution in [0.5, 0.6) is 0 Å². The topological polar surface area (TPSA) is 61.5 Å². The number of H-pyrrole nitrogens is 2. The lowest BCUT2D eigenvalue weighted by atomic mass is 10.0. The number of fused-ring (bicyclic) bond motifs is 1. The van der Waals surface area contributed by atoms with Gasteiger partial charge in [0, 0.05) is 22.2 Å². The minimum Gasteiger partial charge on any atom is -0.358 e. The number of rotatable bonds is 2. The minimum absolute atomic E-state index is 0.585. The van der Waals surface area contributed by atoms with E-state index in [4.69, 9.17) is 0 Å². The lowest BCUT2D eigenvalue weighted by molar-refractivity contribution is 0.112. The number of benzene rings is 1. The Labute approximate surface area is 104 Å². The zero-order chi connectivity index (χ0) is 12.7. The van der Waals surface area contributed by atoms with Crippen LogP contribution in [0.3, 0.4) is 0 Å². The molecule has 0 aliphatic rings. The van der Waals surface area contributed by atoms with Crippen LogP contribution in [-0.2, 0) is 0 Å². The van der Waals surface area contributed by atoms with Gasteiger partial charge in [-0.2, -0.15) is 5.10 Å². The van der Waals surface area contributed by atoms with Crippen molar-refractivity contribution in [1.82, 2.24) is 15.2 Å². The van der Waals surface area contributed by atoms with Crippen LogP contribution in [0.2, 0.25) is 0 Å². The maximum atomic E-state index is 11.0. The number of aldehydes is 1. The van der Waals surface area contributed by atoms with E-state index in [1.165, 1.54) is 5.56 Å². The fraction of sp³-hybridized carbons (Fsp3) is 0.143. The van der Waals surface area contributed by atoms with Crippen molar-refractivity contribution in [3.8, 4) is 11.3 Å². The molecule has 0 amide bonds. The fourth-order valence-corrected chi connectivity index (χ4v) is 2.45. The average Bonchev–Trinajstić information content (AvgIpc) is 2.92. The van der Waals surface area contributed by atoms with Gasteiger partial charge in [-0.3, -0.25) is 9.89 Å². The molecule has 2 aromatic heterocycles. The highest BCUT2D eigenvalue weighted by molar-refractivity contribution is 6.02. The molecule has 0 unspecified atom stereocenters. The Morgan fingerprint density at radius 3 is 2.89 bits per heavy atom. The van der Waals surface area contributed by atoms with E-state index in [-0.39, 0.29) is 0 Å². The average molecular weight is 239 g/mol. The number of nitrogens with one attached hydrogen (secondary N) is 2. The second-order valence-electron chi connectivity index (χ2n) is 4.44. The van der Waals surface area contributed by atoms with Gasteiger partial charge < -0.3 is 4.98 Å². The predicted molar refractivity (Wildman–Crippen MR) is 70.7 cm³/mol. The summed E-state index contributed by atoms with van der Waals surface area (Å²) in [5, 5.41) is 8.02. The molecular weight excluding hydrogens is 226 g/mol. The Balaban J connectivity index is 2.42. The highest BCUT2D eigenvalue weighted by Gasteiger charge is 2.16. The molecule has 18 heavy (non-hydrogen) atoms. The molecule has 3 aromatic rings. The lowest BCUT2D eigenvalue weighted by Gasteiger charge is -2.02. The molecule has 0 saturated heterocycles. The molecule has 0 bridgehead atoms. The molecule has 0 aliphatic heterocycles. The van der Waals surface area contributed by atoms with E-state index in [0.717, 1.165) is 34.1 Å². The first-order valence-electron chi connectivity index (χ1n) is 5.79. The summed E-state index contributed by atoms with van der Waals surface area (Å²) in [6, 6.07) is 6.12. The SMILES string of the molecule is Cc1[nH]c2cccc(C)c2c1-c1[nH]ncc1C=O. The Morgan fingerprint density at radius 1 is 1.28 bits per heavy atom. The fourth-order valence-electron chi connectivity index (χ4n) is 2.45.